The predicted molar refractivity (Wildman–Crippen MR) is 187 cm³/mol. The number of thioether (sulfide) groups is 1. The molecule has 0 spiro atoms. The van der Waals surface area contributed by atoms with Gasteiger partial charge in [0.2, 0.25) is 5.88 Å². The molecule has 1 aromatic heterocycles. The summed E-state index contributed by atoms with van der Waals surface area (Å²) >= 11 is 6.86. The SMILES string of the molecule is O=C(O)c1ccc(CCN2C(=O)/C(=C/c3cc(-c4ccc5ncnc(OCCO)c5c4)ccc3OCCN3CCOCC3)SC2=S)cc1. The first-order valence-electron chi connectivity index (χ1n) is 15.5. The van der Waals surface area contributed by atoms with Crippen LogP contribution in [-0.2, 0) is 16.0 Å². The lowest BCUT2D eigenvalue weighted by atomic mass is 10.0. The first-order chi connectivity index (χ1) is 23.4. The molecule has 3 aromatic carbocycles. The minimum absolute atomic E-state index is 0.117. The van der Waals surface area contributed by atoms with E-state index in [1.54, 1.807) is 29.2 Å². The van der Waals surface area contributed by atoms with Crippen LogP contribution in [0.3, 0.4) is 0 Å². The van der Waals surface area contributed by atoms with E-state index in [0.29, 0.717) is 64.5 Å². The number of aromatic carboxylic acids is 1. The van der Waals surface area contributed by atoms with Crippen molar-refractivity contribution in [3.8, 4) is 22.8 Å². The summed E-state index contributed by atoms with van der Waals surface area (Å²) in [5.74, 6) is -0.137. The van der Waals surface area contributed by atoms with Crippen LogP contribution in [0.1, 0.15) is 21.5 Å². The Morgan fingerprint density at radius 3 is 2.52 bits per heavy atom. The molecule has 4 aromatic rings. The van der Waals surface area contributed by atoms with Crippen LogP contribution >= 0.6 is 24.0 Å². The molecule has 0 saturated carbocycles. The Bertz CT molecular complexity index is 1840. The maximum absolute atomic E-state index is 13.6. The van der Waals surface area contributed by atoms with Crippen molar-refractivity contribution in [3.63, 3.8) is 0 Å². The Morgan fingerprint density at radius 1 is 0.979 bits per heavy atom. The number of morpholine rings is 1. The van der Waals surface area contributed by atoms with E-state index in [4.69, 9.17) is 26.4 Å². The summed E-state index contributed by atoms with van der Waals surface area (Å²) in [4.78, 5) is 37.8. The molecule has 0 radical (unpaired) electrons. The summed E-state index contributed by atoms with van der Waals surface area (Å²) in [6.45, 7) is 4.71. The molecule has 2 N–H and O–H groups in total. The number of rotatable bonds is 13. The van der Waals surface area contributed by atoms with Crippen LogP contribution in [-0.4, -0.2) is 105 Å². The third-order valence-electron chi connectivity index (χ3n) is 8.03. The standard InChI is InChI=1S/C35H34N4O7S2/c40-14-18-46-32-28-20-26(5-7-29(28)36-22-37-32)25-6-8-30(45-17-13-38-11-15-44-16-12-38)27(19-25)21-31-33(41)39(35(47)48-31)10-9-23-1-3-24(4-2-23)34(42)43/h1-8,19-22,40H,9-18H2,(H,42,43)/b31-21-. The normalized spacial score (nSPS) is 16.2. The molecule has 2 saturated heterocycles. The van der Waals surface area contributed by atoms with Gasteiger partial charge in [0.15, 0.2) is 0 Å². The van der Waals surface area contributed by atoms with Crippen molar-refractivity contribution in [2.24, 2.45) is 0 Å². The van der Waals surface area contributed by atoms with Gasteiger partial charge in [0, 0.05) is 31.7 Å². The summed E-state index contributed by atoms with van der Waals surface area (Å²) in [6.07, 6.45) is 3.79. The van der Waals surface area contributed by atoms with Crippen LogP contribution in [0, 0.1) is 0 Å². The van der Waals surface area contributed by atoms with E-state index < -0.39 is 5.97 Å². The lowest BCUT2D eigenvalue weighted by Gasteiger charge is -2.26. The summed E-state index contributed by atoms with van der Waals surface area (Å²) in [5.41, 5.74) is 4.35. The number of carbonyl (C=O) groups is 2. The number of aliphatic hydroxyl groups excluding tert-OH is 1. The van der Waals surface area contributed by atoms with E-state index in [9.17, 15) is 19.8 Å². The highest BCUT2D eigenvalue weighted by Crippen LogP contribution is 2.37. The van der Waals surface area contributed by atoms with E-state index in [2.05, 4.69) is 14.9 Å². The molecule has 48 heavy (non-hydrogen) atoms. The van der Waals surface area contributed by atoms with Gasteiger partial charge in [-0.25, -0.2) is 14.8 Å². The fourth-order valence-electron chi connectivity index (χ4n) is 5.44. The number of fused-ring (bicyclic) bond motifs is 1. The summed E-state index contributed by atoms with van der Waals surface area (Å²) < 4.78 is 17.9. The Morgan fingerprint density at radius 2 is 1.75 bits per heavy atom. The highest BCUT2D eigenvalue weighted by Gasteiger charge is 2.32. The number of carboxylic acids is 1. The van der Waals surface area contributed by atoms with E-state index >= 15 is 0 Å². The van der Waals surface area contributed by atoms with E-state index in [0.717, 1.165) is 41.9 Å². The number of ether oxygens (including phenoxy) is 3. The number of aromatic nitrogens is 2. The quantitative estimate of drug-likeness (QED) is 0.151. The molecule has 2 fully saturated rings. The number of carboxylic acid groups (broad SMARTS) is 1. The number of thiocarbonyl (C=S) groups is 1. The molecule has 2 aliphatic heterocycles. The van der Waals surface area contributed by atoms with Crippen molar-refractivity contribution < 1.29 is 34.0 Å². The van der Waals surface area contributed by atoms with Crippen LogP contribution < -0.4 is 9.47 Å². The number of hydrogen-bond donors (Lipinski definition) is 2. The van der Waals surface area contributed by atoms with Crippen LogP contribution in [0.15, 0.2) is 71.9 Å². The summed E-state index contributed by atoms with van der Waals surface area (Å²) in [6, 6.07) is 18.3. The lowest BCUT2D eigenvalue weighted by Crippen LogP contribution is -2.38. The highest BCUT2D eigenvalue weighted by molar-refractivity contribution is 8.26. The Kier molecular flexibility index (Phi) is 10.9. The molecule has 0 bridgehead atoms. The molecular weight excluding hydrogens is 653 g/mol. The van der Waals surface area contributed by atoms with Gasteiger partial charge in [-0.1, -0.05) is 48.2 Å². The van der Waals surface area contributed by atoms with Crippen molar-refractivity contribution in [1.82, 2.24) is 19.8 Å². The number of amides is 1. The van der Waals surface area contributed by atoms with Gasteiger partial charge in [0.05, 0.1) is 41.2 Å². The zero-order valence-electron chi connectivity index (χ0n) is 26.0. The highest BCUT2D eigenvalue weighted by atomic mass is 32.2. The smallest absolute Gasteiger partial charge is 0.335 e. The zero-order chi connectivity index (χ0) is 33.5. The zero-order valence-corrected chi connectivity index (χ0v) is 27.7. The van der Waals surface area contributed by atoms with Crippen molar-refractivity contribution in [1.29, 1.82) is 0 Å². The minimum atomic E-state index is -0.983. The van der Waals surface area contributed by atoms with Gasteiger partial charge in [0.25, 0.3) is 5.91 Å². The number of carbonyl (C=O) groups excluding carboxylic acids is 1. The maximum atomic E-state index is 13.6. The number of hydrogen-bond acceptors (Lipinski definition) is 11. The third kappa shape index (κ3) is 8.00. The number of benzene rings is 3. The molecule has 3 heterocycles. The second-order valence-corrected chi connectivity index (χ2v) is 12.8. The van der Waals surface area contributed by atoms with Crippen molar-refractivity contribution in [3.05, 3.63) is 88.6 Å². The Balaban J connectivity index is 1.26. The third-order valence-corrected chi connectivity index (χ3v) is 9.40. The summed E-state index contributed by atoms with van der Waals surface area (Å²) in [7, 11) is 0. The van der Waals surface area contributed by atoms with Crippen molar-refractivity contribution in [2.75, 3.05) is 59.2 Å². The first-order valence-corrected chi connectivity index (χ1v) is 16.8. The maximum Gasteiger partial charge on any atom is 0.335 e. The fourth-order valence-corrected chi connectivity index (χ4v) is 6.74. The molecule has 11 nitrogen and oxygen atoms in total. The molecular formula is C35H34N4O7S2. The van der Waals surface area contributed by atoms with Crippen molar-refractivity contribution >= 4 is 57.2 Å². The van der Waals surface area contributed by atoms with Gasteiger partial charge in [-0.15, -0.1) is 0 Å². The average molecular weight is 687 g/mol. The van der Waals surface area contributed by atoms with Gasteiger partial charge < -0.3 is 24.4 Å². The van der Waals surface area contributed by atoms with Gasteiger partial charge in [-0.05, 0) is 65.6 Å². The fraction of sp³-hybridized carbons (Fsp3) is 0.286. The molecule has 1 amide bonds. The van der Waals surface area contributed by atoms with E-state index in [1.165, 1.54) is 18.1 Å². The second-order valence-electron chi connectivity index (χ2n) is 11.1. The van der Waals surface area contributed by atoms with Crippen LogP contribution in [0.5, 0.6) is 11.6 Å². The van der Waals surface area contributed by atoms with Crippen LogP contribution in [0.2, 0.25) is 0 Å². The largest absolute Gasteiger partial charge is 0.492 e. The second kappa shape index (κ2) is 15.7. The van der Waals surface area contributed by atoms with E-state index in [-0.39, 0.29) is 24.7 Å². The monoisotopic (exact) mass is 686 g/mol. The molecule has 2 aliphatic rings. The Labute approximate surface area is 287 Å². The van der Waals surface area contributed by atoms with Gasteiger partial charge in [0.1, 0.15) is 29.6 Å². The van der Waals surface area contributed by atoms with Crippen molar-refractivity contribution in [2.45, 2.75) is 6.42 Å². The molecule has 6 rings (SSSR count). The molecule has 0 aliphatic carbocycles. The Hall–Kier alpha value is -4.40. The minimum Gasteiger partial charge on any atom is -0.492 e. The lowest BCUT2D eigenvalue weighted by molar-refractivity contribution is -0.122. The van der Waals surface area contributed by atoms with Crippen LogP contribution in [0.4, 0.5) is 0 Å². The number of aliphatic hydroxyl groups is 1. The molecule has 13 heteroatoms. The average Bonchev–Trinajstić information content (AvgIpc) is 3.37. The van der Waals surface area contributed by atoms with E-state index in [1.807, 2.05) is 42.5 Å². The van der Waals surface area contributed by atoms with Gasteiger partial charge in [-0.3, -0.25) is 14.6 Å². The van der Waals surface area contributed by atoms with Gasteiger partial charge >= 0.3 is 5.97 Å². The topological polar surface area (TPSA) is 135 Å². The summed E-state index contributed by atoms with van der Waals surface area (Å²) in [5, 5.41) is 19.1. The van der Waals surface area contributed by atoms with Crippen LogP contribution in [0.25, 0.3) is 28.1 Å². The number of nitrogens with zero attached hydrogens (tertiary/aromatic N) is 4. The first kappa shape index (κ1) is 33.5. The predicted octanol–water partition coefficient (Wildman–Crippen LogP) is 4.52. The molecule has 0 atom stereocenters. The molecule has 0 unspecified atom stereocenters. The molecule has 248 valence electrons. The van der Waals surface area contributed by atoms with Gasteiger partial charge in [-0.2, -0.15) is 0 Å².